The van der Waals surface area contributed by atoms with Gasteiger partial charge in [-0.1, -0.05) is 19.8 Å². The topological polar surface area (TPSA) is 97.8 Å². The lowest BCUT2D eigenvalue weighted by atomic mass is 10.2. The monoisotopic (exact) mass is 492 g/mol. The fourth-order valence-corrected chi connectivity index (χ4v) is 3.49. The average Bonchev–Trinajstić information content (AvgIpc) is 3.15. The molecule has 33 heavy (non-hydrogen) atoms. The van der Waals surface area contributed by atoms with Crippen LogP contribution in [0.1, 0.15) is 32.1 Å². The minimum atomic E-state index is -4.94. The third-order valence-corrected chi connectivity index (χ3v) is 5.38. The number of hydrogen-bond acceptors (Lipinski definition) is 7. The highest BCUT2D eigenvalue weighted by Gasteiger charge is 2.40. The van der Waals surface area contributed by atoms with E-state index in [1.54, 1.807) is 4.98 Å². The first-order valence-electron chi connectivity index (χ1n) is 10.4. The number of thiocarbonyl (C=S) groups is 1. The van der Waals surface area contributed by atoms with Crippen LogP contribution in [0, 0.1) is 12.3 Å². The highest BCUT2D eigenvalue weighted by atomic mass is 32.1. The second-order valence-electron chi connectivity index (χ2n) is 7.18. The Morgan fingerprint density at radius 2 is 2.12 bits per heavy atom. The van der Waals surface area contributed by atoms with Crippen LogP contribution in [0.25, 0.3) is 0 Å². The maximum absolute atomic E-state index is 13.1. The minimum Gasteiger partial charge on any atom is -0.468 e. The molecule has 1 aliphatic heterocycles. The molecule has 1 aromatic rings. The van der Waals surface area contributed by atoms with E-state index in [0.717, 1.165) is 19.6 Å². The van der Waals surface area contributed by atoms with E-state index in [4.69, 9.17) is 32.9 Å². The molecule has 1 aromatic heterocycles. The number of likely N-dealkylation sites (N-methyl/N-ethyl adjacent to an activating group) is 1. The largest absolute Gasteiger partial charge is 0.468 e. The first kappa shape index (κ1) is 26.8. The van der Waals surface area contributed by atoms with Gasteiger partial charge in [0.25, 0.3) is 10.7 Å². The molecule has 1 aliphatic rings. The number of nitrogens with one attached hydrogen (secondary N) is 2. The highest BCUT2D eigenvalue weighted by Crippen LogP contribution is 2.32. The summed E-state index contributed by atoms with van der Waals surface area (Å²) in [5.74, 6) is 2.31. The molecule has 0 spiro atoms. The zero-order chi connectivity index (χ0) is 24.6. The zero-order valence-electron chi connectivity index (χ0n) is 18.3. The summed E-state index contributed by atoms with van der Waals surface area (Å²) in [7, 11) is 0. The lowest BCUT2D eigenvalue weighted by Crippen LogP contribution is -2.37. The van der Waals surface area contributed by atoms with E-state index in [1.165, 1.54) is 0 Å². The molecular formula is C20H27F3N4O5S. The van der Waals surface area contributed by atoms with Crippen LogP contribution in [-0.4, -0.2) is 71.2 Å². The molecule has 0 saturated carbocycles. The number of nitrogens with zero attached hydrogens (tertiary/aromatic N) is 2. The van der Waals surface area contributed by atoms with Crippen LogP contribution >= 0.6 is 12.2 Å². The fourth-order valence-electron chi connectivity index (χ4n) is 3.32. The number of terminal acetylenes is 1. The van der Waals surface area contributed by atoms with Crippen molar-refractivity contribution in [2.24, 2.45) is 0 Å². The summed E-state index contributed by atoms with van der Waals surface area (Å²) in [6, 6.07) is 0. The van der Waals surface area contributed by atoms with Crippen LogP contribution in [0.5, 0.6) is 0 Å². The summed E-state index contributed by atoms with van der Waals surface area (Å²) < 4.78 is 56.8. The Labute approximate surface area is 194 Å². The smallest absolute Gasteiger partial charge is 0.423 e. The van der Waals surface area contributed by atoms with Gasteiger partial charge in [0.2, 0.25) is 0 Å². The van der Waals surface area contributed by atoms with Gasteiger partial charge in [0.05, 0.1) is 6.10 Å². The molecule has 2 rings (SSSR count). The maximum Gasteiger partial charge on any atom is 0.423 e. The van der Waals surface area contributed by atoms with Gasteiger partial charge in [-0.2, -0.15) is 13.2 Å². The summed E-state index contributed by atoms with van der Waals surface area (Å²) in [6.45, 7) is 7.09. The van der Waals surface area contributed by atoms with Crippen molar-refractivity contribution in [3.8, 4) is 12.3 Å². The molecule has 1 fully saturated rings. The van der Waals surface area contributed by atoms with Gasteiger partial charge in [0, 0.05) is 25.7 Å². The van der Waals surface area contributed by atoms with Crippen molar-refractivity contribution >= 4 is 17.4 Å². The highest BCUT2D eigenvalue weighted by molar-refractivity contribution is 7.80. The molecule has 9 nitrogen and oxygen atoms in total. The molecule has 3 atom stereocenters. The van der Waals surface area contributed by atoms with Gasteiger partial charge in [-0.15, -0.1) is 6.42 Å². The van der Waals surface area contributed by atoms with Crippen molar-refractivity contribution in [1.82, 2.24) is 19.8 Å². The maximum atomic E-state index is 13.1. The van der Waals surface area contributed by atoms with Crippen LogP contribution in [0.2, 0.25) is 0 Å². The predicted octanol–water partition coefficient (Wildman–Crippen LogP) is 1.09. The second kappa shape index (κ2) is 12.2. The lowest BCUT2D eigenvalue weighted by molar-refractivity contribution is -0.139. The molecule has 0 amide bonds. The summed E-state index contributed by atoms with van der Waals surface area (Å²) in [5, 5.41) is 3.10. The van der Waals surface area contributed by atoms with Crippen molar-refractivity contribution in [3.63, 3.8) is 0 Å². The number of aromatic amines is 1. The molecule has 2 N–H and O–H groups in total. The van der Waals surface area contributed by atoms with Crippen molar-refractivity contribution in [3.05, 3.63) is 32.6 Å². The molecular weight excluding hydrogens is 465 g/mol. The molecule has 2 heterocycles. The molecule has 0 bridgehead atoms. The predicted molar refractivity (Wildman–Crippen MR) is 118 cm³/mol. The minimum absolute atomic E-state index is 0.0150. The Morgan fingerprint density at radius 1 is 1.42 bits per heavy atom. The van der Waals surface area contributed by atoms with E-state index in [2.05, 4.69) is 16.1 Å². The fraction of sp³-hybridized carbons (Fsp3) is 0.650. The normalized spacial score (nSPS) is 20.6. The van der Waals surface area contributed by atoms with Crippen molar-refractivity contribution in [2.75, 3.05) is 39.4 Å². The number of alkyl halides is 3. The standard InChI is InChI=1S/C20H27F3N4O5S/c1-4-9-30-14-10-16(27-11-13(20(21,22)23)17(28)25-18(27)29)32-15(14)12-31-19(33)24-7-8-26(5-2)6-3/h1,11,14-16H,5-10,12H2,2-3H3,(H,24,33)(H,25,28,29)/t14-,15+,16+/m0/s1. The molecule has 184 valence electrons. The van der Waals surface area contributed by atoms with E-state index in [0.29, 0.717) is 17.3 Å². The van der Waals surface area contributed by atoms with Gasteiger partial charge in [0.1, 0.15) is 31.1 Å². The Kier molecular flexibility index (Phi) is 9.90. The van der Waals surface area contributed by atoms with Crippen molar-refractivity contribution in [1.29, 1.82) is 0 Å². The van der Waals surface area contributed by atoms with Crippen LogP contribution < -0.4 is 16.6 Å². The first-order chi connectivity index (χ1) is 15.6. The van der Waals surface area contributed by atoms with E-state index in [1.807, 2.05) is 13.8 Å². The number of halogens is 3. The summed E-state index contributed by atoms with van der Waals surface area (Å²) >= 11 is 5.15. The number of H-pyrrole nitrogens is 1. The van der Waals surface area contributed by atoms with E-state index < -0.39 is 41.4 Å². The van der Waals surface area contributed by atoms with Crippen LogP contribution in [-0.2, 0) is 20.4 Å². The van der Waals surface area contributed by atoms with Gasteiger partial charge < -0.3 is 24.4 Å². The van der Waals surface area contributed by atoms with Crippen LogP contribution in [0.4, 0.5) is 13.2 Å². The number of ether oxygens (including phenoxy) is 3. The molecule has 0 aromatic carbocycles. The van der Waals surface area contributed by atoms with Gasteiger partial charge in [-0.25, -0.2) is 4.79 Å². The molecule has 0 unspecified atom stereocenters. The van der Waals surface area contributed by atoms with E-state index >= 15 is 0 Å². The number of hydrogen-bond donors (Lipinski definition) is 2. The summed E-state index contributed by atoms with van der Waals surface area (Å²) in [6.07, 6.45) is -1.82. The van der Waals surface area contributed by atoms with Gasteiger partial charge in [0.15, 0.2) is 0 Å². The Hall–Kier alpha value is -2.40. The van der Waals surface area contributed by atoms with Gasteiger partial charge >= 0.3 is 11.9 Å². The zero-order valence-corrected chi connectivity index (χ0v) is 19.1. The number of aromatic nitrogens is 2. The average molecular weight is 493 g/mol. The van der Waals surface area contributed by atoms with Crippen LogP contribution in [0.3, 0.4) is 0 Å². The van der Waals surface area contributed by atoms with Crippen molar-refractivity contribution in [2.45, 2.75) is 44.9 Å². The third-order valence-electron chi connectivity index (χ3n) is 5.12. The molecule has 0 aliphatic carbocycles. The van der Waals surface area contributed by atoms with Crippen LogP contribution in [0.15, 0.2) is 15.8 Å². The van der Waals surface area contributed by atoms with E-state index in [-0.39, 0.29) is 24.8 Å². The summed E-state index contributed by atoms with van der Waals surface area (Å²) in [5.41, 5.74) is -4.07. The molecule has 1 saturated heterocycles. The third kappa shape index (κ3) is 7.56. The Balaban J connectivity index is 2.06. The quantitative estimate of drug-likeness (QED) is 0.370. The second-order valence-corrected chi connectivity index (χ2v) is 7.55. The SMILES string of the molecule is C#CCO[C@H]1C[C@H](n2cc(C(F)(F)F)c(=O)[nH]c2=O)O[C@@H]1COC(=S)NCCN(CC)CC. The van der Waals surface area contributed by atoms with Gasteiger partial charge in [-0.05, 0) is 25.3 Å². The molecule has 13 heteroatoms. The lowest BCUT2D eigenvalue weighted by Gasteiger charge is -2.21. The Morgan fingerprint density at radius 3 is 2.73 bits per heavy atom. The number of rotatable bonds is 10. The van der Waals surface area contributed by atoms with Crippen molar-refractivity contribution < 1.29 is 27.4 Å². The van der Waals surface area contributed by atoms with E-state index in [9.17, 15) is 22.8 Å². The summed E-state index contributed by atoms with van der Waals surface area (Å²) in [4.78, 5) is 27.6. The van der Waals surface area contributed by atoms with Gasteiger partial charge in [-0.3, -0.25) is 14.3 Å². The molecule has 0 radical (unpaired) electrons. The first-order valence-corrected chi connectivity index (χ1v) is 10.8. The Bertz CT molecular complexity index is 955.